The summed E-state index contributed by atoms with van der Waals surface area (Å²) in [5.41, 5.74) is 1.76. The highest BCUT2D eigenvalue weighted by Crippen LogP contribution is 2.28. The van der Waals surface area contributed by atoms with Gasteiger partial charge in [0.15, 0.2) is 6.10 Å². The van der Waals surface area contributed by atoms with Gasteiger partial charge in [0.05, 0.1) is 15.6 Å². The van der Waals surface area contributed by atoms with Crippen LogP contribution in [0.3, 0.4) is 0 Å². The topological polar surface area (TPSA) is 84.5 Å². The number of aryl methyl sites for hydroxylation is 1. The number of hydrogen-bond acceptors (Lipinski definition) is 4. The van der Waals surface area contributed by atoms with Gasteiger partial charge in [0.1, 0.15) is 5.75 Å². The molecule has 3 aromatic rings. The van der Waals surface area contributed by atoms with Gasteiger partial charge in [-0.15, -0.1) is 0 Å². The highest BCUT2D eigenvalue weighted by atomic mass is 35.5. The summed E-state index contributed by atoms with van der Waals surface area (Å²) in [4.78, 5) is 12.6. The van der Waals surface area contributed by atoms with Crippen LogP contribution in [-0.2, 0) is 14.8 Å². The molecule has 0 saturated heterocycles. The second-order valence-corrected chi connectivity index (χ2v) is 9.60. The highest BCUT2D eigenvalue weighted by Gasteiger charge is 2.20. The van der Waals surface area contributed by atoms with Crippen molar-refractivity contribution >= 4 is 50.5 Å². The second-order valence-electron chi connectivity index (χ2n) is 7.07. The summed E-state index contributed by atoms with van der Waals surface area (Å²) in [6.45, 7) is 3.82. The third-order valence-electron chi connectivity index (χ3n) is 4.57. The van der Waals surface area contributed by atoms with Crippen LogP contribution in [0, 0.1) is 6.92 Å². The predicted octanol–water partition coefficient (Wildman–Crippen LogP) is 5.90. The van der Waals surface area contributed by atoms with Crippen molar-refractivity contribution in [3.05, 3.63) is 82.3 Å². The average Bonchev–Trinajstić information content (AvgIpc) is 2.75. The van der Waals surface area contributed by atoms with Crippen LogP contribution in [-0.4, -0.2) is 20.4 Å². The molecule has 0 heterocycles. The number of nitrogens with one attached hydrogen (secondary N) is 2. The van der Waals surface area contributed by atoms with E-state index in [4.69, 9.17) is 27.9 Å². The normalized spacial score (nSPS) is 12.1. The molecule has 1 atom stereocenters. The van der Waals surface area contributed by atoms with E-state index < -0.39 is 16.1 Å². The first-order valence-electron chi connectivity index (χ1n) is 9.80. The standard InChI is InChI=1S/C23H22Cl2N2O4S/c1-3-22(31-18-9-4-15(2)5-10-18)23(28)26-17-7-11-19(12-8-17)32(29,30)27-21-13-6-16(24)14-20(21)25/h4-14,22,27H,3H2,1-2H3,(H,26,28)/t22-/m0/s1. The third-order valence-corrected chi connectivity index (χ3v) is 6.50. The number of carbonyl (C=O) groups is 1. The average molecular weight is 493 g/mol. The Morgan fingerprint density at radius 3 is 2.25 bits per heavy atom. The Morgan fingerprint density at radius 1 is 1.00 bits per heavy atom. The zero-order valence-corrected chi connectivity index (χ0v) is 19.8. The van der Waals surface area contributed by atoms with Crippen LogP contribution < -0.4 is 14.8 Å². The van der Waals surface area contributed by atoms with Crippen molar-refractivity contribution in [2.24, 2.45) is 0 Å². The Balaban J connectivity index is 1.67. The zero-order chi connectivity index (χ0) is 23.3. The van der Waals surface area contributed by atoms with Gasteiger partial charge in [0, 0.05) is 10.7 Å². The van der Waals surface area contributed by atoms with E-state index in [0.29, 0.717) is 22.9 Å². The molecule has 3 rings (SSSR count). The Labute approximate surface area is 197 Å². The molecule has 0 saturated carbocycles. The summed E-state index contributed by atoms with van der Waals surface area (Å²) in [5, 5.41) is 3.34. The maximum Gasteiger partial charge on any atom is 0.265 e. The minimum absolute atomic E-state index is 0.0180. The maximum absolute atomic E-state index is 12.6. The first-order valence-corrected chi connectivity index (χ1v) is 12.0. The van der Waals surface area contributed by atoms with Crippen LogP contribution in [0.25, 0.3) is 0 Å². The minimum Gasteiger partial charge on any atom is -0.481 e. The lowest BCUT2D eigenvalue weighted by Gasteiger charge is -2.17. The van der Waals surface area contributed by atoms with Gasteiger partial charge >= 0.3 is 0 Å². The lowest BCUT2D eigenvalue weighted by atomic mass is 10.2. The van der Waals surface area contributed by atoms with Gasteiger partial charge in [-0.3, -0.25) is 9.52 Å². The Morgan fingerprint density at radius 2 is 1.66 bits per heavy atom. The van der Waals surface area contributed by atoms with Gasteiger partial charge in [-0.2, -0.15) is 0 Å². The van der Waals surface area contributed by atoms with Gasteiger partial charge in [-0.1, -0.05) is 47.8 Å². The fourth-order valence-corrected chi connectivity index (χ4v) is 4.41. The van der Waals surface area contributed by atoms with Crippen LogP contribution in [0.5, 0.6) is 5.75 Å². The van der Waals surface area contributed by atoms with E-state index in [1.54, 1.807) is 0 Å². The number of halogens is 2. The fourth-order valence-electron chi connectivity index (χ4n) is 2.82. The molecule has 0 fully saturated rings. The quantitative estimate of drug-likeness (QED) is 0.409. The summed E-state index contributed by atoms with van der Waals surface area (Å²) in [5.74, 6) is 0.278. The summed E-state index contributed by atoms with van der Waals surface area (Å²) in [6.07, 6.45) is -0.215. The van der Waals surface area contributed by atoms with E-state index in [9.17, 15) is 13.2 Å². The van der Waals surface area contributed by atoms with Gasteiger partial charge in [-0.05, 0) is 67.9 Å². The van der Waals surface area contributed by atoms with Crippen molar-refractivity contribution in [3.63, 3.8) is 0 Å². The Bertz CT molecular complexity index is 1200. The van der Waals surface area contributed by atoms with Crippen molar-refractivity contribution in [1.29, 1.82) is 0 Å². The van der Waals surface area contributed by atoms with Gasteiger partial charge in [-0.25, -0.2) is 8.42 Å². The lowest BCUT2D eigenvalue weighted by Crippen LogP contribution is -2.32. The largest absolute Gasteiger partial charge is 0.481 e. The predicted molar refractivity (Wildman–Crippen MR) is 128 cm³/mol. The van der Waals surface area contributed by atoms with Crippen LogP contribution in [0.1, 0.15) is 18.9 Å². The number of sulfonamides is 1. The maximum atomic E-state index is 12.6. The van der Waals surface area contributed by atoms with Crippen LogP contribution in [0.4, 0.5) is 11.4 Å². The molecule has 0 aromatic heterocycles. The SMILES string of the molecule is CC[C@H](Oc1ccc(C)cc1)C(=O)Nc1ccc(S(=O)(=O)Nc2ccc(Cl)cc2Cl)cc1. The number of carbonyl (C=O) groups excluding carboxylic acids is 1. The summed E-state index contributed by atoms with van der Waals surface area (Å²) in [7, 11) is -3.87. The number of amides is 1. The van der Waals surface area contributed by atoms with Crippen molar-refractivity contribution in [2.75, 3.05) is 10.0 Å². The minimum atomic E-state index is -3.87. The molecular formula is C23H22Cl2N2O4S. The van der Waals surface area contributed by atoms with Gasteiger partial charge in [0.25, 0.3) is 15.9 Å². The first-order chi connectivity index (χ1) is 15.2. The van der Waals surface area contributed by atoms with Crippen LogP contribution in [0.2, 0.25) is 10.0 Å². The zero-order valence-electron chi connectivity index (χ0n) is 17.4. The van der Waals surface area contributed by atoms with E-state index in [0.717, 1.165) is 5.56 Å². The fraction of sp³-hybridized carbons (Fsp3) is 0.174. The molecule has 9 heteroatoms. The number of rotatable bonds is 8. The molecule has 0 spiro atoms. The number of hydrogen-bond donors (Lipinski definition) is 2. The summed E-state index contributed by atoms with van der Waals surface area (Å²) in [6, 6.07) is 17.7. The molecule has 168 valence electrons. The molecule has 2 N–H and O–H groups in total. The molecule has 1 amide bonds. The van der Waals surface area contributed by atoms with E-state index >= 15 is 0 Å². The summed E-state index contributed by atoms with van der Waals surface area (Å²) >= 11 is 11.9. The van der Waals surface area contributed by atoms with E-state index in [1.165, 1.54) is 42.5 Å². The molecule has 0 radical (unpaired) electrons. The molecule has 0 aliphatic rings. The molecule has 0 aliphatic carbocycles. The second kappa shape index (κ2) is 10.3. The van der Waals surface area contributed by atoms with Crippen LogP contribution >= 0.6 is 23.2 Å². The Hall–Kier alpha value is -2.74. The lowest BCUT2D eigenvalue weighted by molar-refractivity contribution is -0.122. The molecule has 32 heavy (non-hydrogen) atoms. The van der Waals surface area contributed by atoms with Gasteiger partial charge in [0.2, 0.25) is 0 Å². The molecule has 0 bridgehead atoms. The molecule has 6 nitrogen and oxygen atoms in total. The molecular weight excluding hydrogens is 471 g/mol. The monoisotopic (exact) mass is 492 g/mol. The number of anilines is 2. The summed E-state index contributed by atoms with van der Waals surface area (Å²) < 4.78 is 33.5. The van der Waals surface area contributed by atoms with E-state index in [2.05, 4.69) is 10.0 Å². The number of benzene rings is 3. The molecule has 0 aliphatic heterocycles. The van der Waals surface area contributed by atoms with Crippen molar-refractivity contribution in [2.45, 2.75) is 31.3 Å². The number of ether oxygens (including phenoxy) is 1. The van der Waals surface area contributed by atoms with E-state index in [-0.39, 0.29) is 21.5 Å². The smallest absolute Gasteiger partial charge is 0.265 e. The van der Waals surface area contributed by atoms with Crippen molar-refractivity contribution in [3.8, 4) is 5.75 Å². The first kappa shape index (κ1) is 23.9. The van der Waals surface area contributed by atoms with Crippen molar-refractivity contribution in [1.82, 2.24) is 0 Å². The molecule has 3 aromatic carbocycles. The highest BCUT2D eigenvalue weighted by molar-refractivity contribution is 7.92. The third kappa shape index (κ3) is 6.16. The molecule has 0 unspecified atom stereocenters. The van der Waals surface area contributed by atoms with Crippen LogP contribution in [0.15, 0.2) is 71.6 Å². The van der Waals surface area contributed by atoms with Gasteiger partial charge < -0.3 is 10.1 Å². The Kier molecular flexibility index (Phi) is 7.66. The van der Waals surface area contributed by atoms with E-state index in [1.807, 2.05) is 38.1 Å². The van der Waals surface area contributed by atoms with Crippen molar-refractivity contribution < 1.29 is 17.9 Å².